The Hall–Kier alpha value is -4.25. The zero-order valence-corrected chi connectivity index (χ0v) is 27.9. The van der Waals surface area contributed by atoms with Crippen LogP contribution in [0.4, 0.5) is 0 Å². The van der Waals surface area contributed by atoms with Crippen molar-refractivity contribution in [1.29, 1.82) is 0 Å². The maximum absolute atomic E-state index is 5.46. The summed E-state index contributed by atoms with van der Waals surface area (Å²) in [7, 11) is 5.16. The van der Waals surface area contributed by atoms with Crippen LogP contribution < -0.4 is 35.2 Å². The van der Waals surface area contributed by atoms with E-state index in [1.807, 2.05) is 0 Å². The highest BCUT2D eigenvalue weighted by Crippen LogP contribution is 2.22. The topological polar surface area (TPSA) is 31.6 Å². The second kappa shape index (κ2) is 17.3. The second-order valence-electron chi connectivity index (χ2n) is 11.8. The molecule has 0 atom stereocenters. The molecule has 0 aliphatic heterocycles. The molecule has 236 valence electrons. The first-order valence-electron chi connectivity index (χ1n) is 16.6. The Morgan fingerprint density at radius 2 is 0.956 bits per heavy atom. The molecule has 0 unspecified atom stereocenters. The van der Waals surface area contributed by atoms with Gasteiger partial charge in [-0.25, -0.2) is 0 Å². The largest absolute Gasteiger partial charge is 0.497 e. The van der Waals surface area contributed by atoms with Crippen molar-refractivity contribution in [2.24, 2.45) is 0 Å². The van der Waals surface area contributed by atoms with E-state index in [1.165, 1.54) is 65.8 Å². The molecule has 0 amide bonds. The number of pyridine rings is 1. The first-order chi connectivity index (χ1) is 22.1. The summed E-state index contributed by atoms with van der Waals surface area (Å²) in [6.45, 7) is 5.46. The molecule has 0 bridgehead atoms. The molecule has 5 rings (SSSR count). The number of aromatic nitrogens is 1. The van der Waals surface area contributed by atoms with Crippen molar-refractivity contribution in [3.8, 4) is 17.2 Å². The molecule has 45 heavy (non-hydrogen) atoms. The highest BCUT2D eigenvalue weighted by Gasteiger charge is 2.29. The van der Waals surface area contributed by atoms with Gasteiger partial charge in [0.25, 0.3) is 0 Å². The van der Waals surface area contributed by atoms with Crippen LogP contribution in [0.2, 0.25) is 6.32 Å². The van der Waals surface area contributed by atoms with Crippen molar-refractivity contribution in [2.75, 3.05) is 21.3 Å². The summed E-state index contributed by atoms with van der Waals surface area (Å²) >= 11 is 0. The molecule has 5 heteroatoms. The number of rotatable bonds is 14. The van der Waals surface area contributed by atoms with Crippen molar-refractivity contribution in [2.45, 2.75) is 65.2 Å². The maximum atomic E-state index is 5.46. The highest BCUT2D eigenvalue weighted by molar-refractivity contribution is 7.11. The molecule has 0 spiro atoms. The van der Waals surface area contributed by atoms with Gasteiger partial charge in [0.2, 0.25) is 5.52 Å². The average molecular weight is 604 g/mol. The van der Waals surface area contributed by atoms with Crippen LogP contribution in [0.15, 0.2) is 115 Å². The van der Waals surface area contributed by atoms with Crippen LogP contribution in [0.5, 0.6) is 17.2 Å². The van der Waals surface area contributed by atoms with Gasteiger partial charge in [0.15, 0.2) is 6.20 Å². The summed E-state index contributed by atoms with van der Waals surface area (Å²) in [5, 5.41) is 1.31. The van der Waals surface area contributed by atoms with Crippen LogP contribution in [-0.2, 0) is 6.54 Å². The Kier molecular flexibility index (Phi) is 12.9. The van der Waals surface area contributed by atoms with E-state index in [1.54, 1.807) is 21.3 Å². The molecule has 0 N–H and O–H groups in total. The minimum Gasteiger partial charge on any atom is -0.497 e. The number of hydrogen-bond donors (Lipinski definition) is 0. The zero-order valence-electron chi connectivity index (χ0n) is 27.9. The predicted molar refractivity (Wildman–Crippen MR) is 192 cm³/mol. The van der Waals surface area contributed by atoms with Gasteiger partial charge < -0.3 is 14.2 Å². The molecule has 4 nitrogen and oxygen atoms in total. The van der Waals surface area contributed by atoms with Gasteiger partial charge in [-0.2, -0.15) is 27.3 Å². The van der Waals surface area contributed by atoms with E-state index in [2.05, 4.69) is 134 Å². The zero-order chi connectivity index (χ0) is 31.9. The minimum atomic E-state index is -1.17. The van der Waals surface area contributed by atoms with Gasteiger partial charge in [-0.15, -0.1) is 0 Å². The molecule has 0 fully saturated rings. The molecular formula is C40H50BNO3. The average Bonchev–Trinajstić information content (AvgIpc) is 3.12. The van der Waals surface area contributed by atoms with E-state index in [-0.39, 0.29) is 0 Å². The summed E-state index contributed by atoms with van der Waals surface area (Å²) in [5.74, 6) is 2.65. The Labute approximate surface area is 270 Å². The first-order valence-corrected chi connectivity index (χ1v) is 16.6. The molecule has 0 aliphatic carbocycles. The quantitative estimate of drug-likeness (QED) is 0.0741. The van der Waals surface area contributed by atoms with E-state index in [0.717, 1.165) is 30.1 Å². The predicted octanol–water partition coefficient (Wildman–Crippen LogP) is 7.69. The van der Waals surface area contributed by atoms with Gasteiger partial charge in [-0.3, -0.25) is 0 Å². The number of unbranched alkanes of at least 4 members (excludes halogenated alkanes) is 5. The maximum Gasteiger partial charge on any atom is 0.212 e. The van der Waals surface area contributed by atoms with E-state index >= 15 is 0 Å². The smallest absolute Gasteiger partial charge is 0.212 e. The fourth-order valence-electron chi connectivity index (χ4n) is 6.60. The molecule has 4 aromatic carbocycles. The van der Waals surface area contributed by atoms with E-state index in [9.17, 15) is 0 Å². The first kappa shape index (κ1) is 33.6. The number of para-hydroxylation sites is 1. The summed E-state index contributed by atoms with van der Waals surface area (Å²) < 4.78 is 18.6. The van der Waals surface area contributed by atoms with Crippen LogP contribution in [0.25, 0.3) is 10.9 Å². The third kappa shape index (κ3) is 8.48. The lowest BCUT2D eigenvalue weighted by molar-refractivity contribution is -0.667. The number of nitrogens with zero attached hydrogens (tertiary/aromatic N) is 1. The van der Waals surface area contributed by atoms with Gasteiger partial charge >= 0.3 is 0 Å². The van der Waals surface area contributed by atoms with E-state index < -0.39 is 6.15 Å². The molecular weight excluding hydrogens is 553 g/mol. The second-order valence-corrected chi connectivity index (χ2v) is 11.8. The van der Waals surface area contributed by atoms with Gasteiger partial charge in [-0.05, 0) is 55.5 Å². The Morgan fingerprint density at radius 3 is 1.42 bits per heavy atom. The monoisotopic (exact) mass is 603 g/mol. The van der Waals surface area contributed by atoms with Gasteiger partial charge in [0, 0.05) is 17.5 Å². The number of methoxy groups -OCH3 is 3. The van der Waals surface area contributed by atoms with Crippen molar-refractivity contribution >= 4 is 33.4 Å². The summed E-state index contributed by atoms with van der Waals surface area (Å²) in [4.78, 5) is 0. The lowest BCUT2D eigenvalue weighted by Gasteiger charge is -2.43. The third-order valence-electron chi connectivity index (χ3n) is 9.17. The molecule has 0 radical (unpaired) electrons. The Morgan fingerprint density at radius 1 is 0.511 bits per heavy atom. The Balaban J connectivity index is 0.000000318. The van der Waals surface area contributed by atoms with Crippen LogP contribution in [0, 0.1) is 0 Å². The summed E-state index contributed by atoms with van der Waals surface area (Å²) in [6.07, 6.45) is 9.71. The molecule has 5 aromatic rings. The number of ether oxygens (including phenoxy) is 3. The van der Waals surface area contributed by atoms with Crippen LogP contribution in [-0.4, -0.2) is 27.5 Å². The highest BCUT2D eigenvalue weighted by atomic mass is 16.5. The fraction of sp³-hybridized carbons (Fsp3) is 0.325. The van der Waals surface area contributed by atoms with Crippen molar-refractivity contribution in [3.05, 3.63) is 115 Å². The molecule has 0 aliphatic rings. The Bertz CT molecular complexity index is 1450. The SMILES string of the molecule is CCCCCCCC[B-](c1ccc(OC)cc1)(c1ccc(OC)cc1)c1ccc(OC)cc1.CC[n+]1cccc2ccccc21. The molecule has 0 saturated carbocycles. The molecule has 1 heterocycles. The summed E-state index contributed by atoms with van der Waals surface area (Å²) in [5.41, 5.74) is 5.31. The van der Waals surface area contributed by atoms with Gasteiger partial charge in [-0.1, -0.05) is 94.0 Å². The fourth-order valence-corrected chi connectivity index (χ4v) is 6.60. The van der Waals surface area contributed by atoms with Gasteiger partial charge in [0.1, 0.15) is 23.8 Å². The standard InChI is InChI=1S/C29H38BO3.C11H12N/c1-5-6-7-8-9-10-23-30(24-11-17-27(31-2)18-12-24,25-13-19-28(32-3)20-14-25)26-15-21-29(33-4)22-16-26;1-2-12-9-5-7-10-6-3-4-8-11(10)12/h11-22H,5-10,23H2,1-4H3;3-9H,2H2,1H3/q-1;+1. The lowest BCUT2D eigenvalue weighted by atomic mass is 9.14. The number of hydrogen-bond acceptors (Lipinski definition) is 3. The third-order valence-corrected chi connectivity index (χ3v) is 9.17. The number of benzene rings is 4. The van der Waals surface area contributed by atoms with Crippen LogP contribution >= 0.6 is 0 Å². The van der Waals surface area contributed by atoms with Crippen molar-refractivity contribution < 1.29 is 18.8 Å². The molecule has 1 aromatic heterocycles. The van der Waals surface area contributed by atoms with E-state index in [4.69, 9.17) is 14.2 Å². The normalized spacial score (nSPS) is 11.0. The van der Waals surface area contributed by atoms with Crippen LogP contribution in [0.3, 0.4) is 0 Å². The molecule has 0 saturated heterocycles. The summed E-state index contributed by atoms with van der Waals surface area (Å²) in [6, 6.07) is 38.6. The number of aryl methyl sites for hydroxylation is 1. The van der Waals surface area contributed by atoms with Crippen molar-refractivity contribution in [3.63, 3.8) is 0 Å². The van der Waals surface area contributed by atoms with Crippen LogP contribution in [0.1, 0.15) is 52.4 Å². The van der Waals surface area contributed by atoms with Crippen molar-refractivity contribution in [1.82, 2.24) is 0 Å². The van der Waals surface area contributed by atoms with Gasteiger partial charge in [0.05, 0.1) is 27.5 Å². The van der Waals surface area contributed by atoms with E-state index in [0.29, 0.717) is 0 Å². The lowest BCUT2D eigenvalue weighted by Crippen LogP contribution is -2.66. The number of fused-ring (bicyclic) bond motifs is 1. The minimum absolute atomic E-state index is 0.882.